The molecule has 0 aliphatic carbocycles. The number of hydrogen-bond acceptors (Lipinski definition) is 4. The molecule has 0 aliphatic heterocycles. The van der Waals surface area contributed by atoms with Crippen molar-refractivity contribution < 1.29 is 8.42 Å². The fourth-order valence-corrected chi connectivity index (χ4v) is 3.37. The number of thiophene rings is 1. The van der Waals surface area contributed by atoms with Crippen molar-refractivity contribution in [1.29, 1.82) is 0 Å². The first-order valence-electron chi connectivity index (χ1n) is 5.68. The number of rotatable bonds is 4. The zero-order valence-electron chi connectivity index (χ0n) is 10.6. The van der Waals surface area contributed by atoms with Crippen LogP contribution in [0.4, 0.5) is 5.69 Å². The van der Waals surface area contributed by atoms with Crippen molar-refractivity contribution in [2.45, 2.75) is 17.9 Å². The zero-order chi connectivity index (χ0) is 14.0. The van der Waals surface area contributed by atoms with Crippen LogP contribution in [0.25, 0.3) is 0 Å². The predicted octanol–water partition coefficient (Wildman–Crippen LogP) is 3.98. The third-order valence-corrected chi connectivity index (χ3v) is 5.23. The smallest absolute Gasteiger partial charge is 0.175 e. The summed E-state index contributed by atoms with van der Waals surface area (Å²) >= 11 is 7.43. The highest BCUT2D eigenvalue weighted by Crippen LogP contribution is 2.29. The molecule has 102 valence electrons. The molecule has 3 nitrogen and oxygen atoms in total. The molecule has 0 amide bonds. The van der Waals surface area contributed by atoms with Crippen LogP contribution < -0.4 is 5.32 Å². The molecular formula is C13H14ClNO2S2. The van der Waals surface area contributed by atoms with Crippen LogP contribution in [0.1, 0.15) is 17.8 Å². The fraction of sp³-hybridized carbons (Fsp3) is 0.231. The quantitative estimate of drug-likeness (QED) is 0.928. The van der Waals surface area contributed by atoms with Gasteiger partial charge in [-0.25, -0.2) is 8.42 Å². The Morgan fingerprint density at radius 2 is 1.79 bits per heavy atom. The Bertz CT molecular complexity index is 662. The number of halogens is 1. The first kappa shape index (κ1) is 14.4. The molecule has 1 unspecified atom stereocenters. The van der Waals surface area contributed by atoms with Gasteiger partial charge in [0.15, 0.2) is 9.84 Å². The fourth-order valence-electron chi connectivity index (χ4n) is 1.68. The Hall–Kier alpha value is -1.04. The molecular weight excluding hydrogens is 302 g/mol. The van der Waals surface area contributed by atoms with Crippen LogP contribution in [0.3, 0.4) is 0 Å². The largest absolute Gasteiger partial charge is 0.378 e. The van der Waals surface area contributed by atoms with Crippen LogP contribution in [-0.4, -0.2) is 14.7 Å². The van der Waals surface area contributed by atoms with E-state index in [0.717, 1.165) is 14.9 Å². The van der Waals surface area contributed by atoms with Gasteiger partial charge in [0.1, 0.15) is 0 Å². The molecule has 0 saturated carbocycles. The highest BCUT2D eigenvalue weighted by Gasteiger charge is 2.09. The molecule has 19 heavy (non-hydrogen) atoms. The van der Waals surface area contributed by atoms with Crippen molar-refractivity contribution >= 4 is 38.5 Å². The van der Waals surface area contributed by atoms with Crippen LogP contribution in [0.15, 0.2) is 41.3 Å². The summed E-state index contributed by atoms with van der Waals surface area (Å²) in [5.74, 6) is 0. The van der Waals surface area contributed by atoms with E-state index < -0.39 is 9.84 Å². The van der Waals surface area contributed by atoms with Crippen molar-refractivity contribution in [2.24, 2.45) is 0 Å². The molecule has 0 bridgehead atoms. The van der Waals surface area contributed by atoms with Crippen LogP contribution >= 0.6 is 22.9 Å². The summed E-state index contributed by atoms with van der Waals surface area (Å²) in [6, 6.07) is 10.7. The SMILES string of the molecule is CC(Nc1ccc(S(C)(=O)=O)cc1)c1ccc(Cl)s1. The van der Waals surface area contributed by atoms with E-state index in [1.807, 2.05) is 19.1 Å². The molecule has 0 spiro atoms. The van der Waals surface area contributed by atoms with E-state index in [9.17, 15) is 8.42 Å². The van der Waals surface area contributed by atoms with E-state index in [4.69, 9.17) is 11.6 Å². The molecule has 1 atom stereocenters. The maximum Gasteiger partial charge on any atom is 0.175 e. The number of nitrogens with one attached hydrogen (secondary N) is 1. The summed E-state index contributed by atoms with van der Waals surface area (Å²) in [6.07, 6.45) is 1.20. The molecule has 0 saturated heterocycles. The molecule has 1 aromatic heterocycles. The maximum atomic E-state index is 11.4. The monoisotopic (exact) mass is 315 g/mol. The number of sulfone groups is 1. The third kappa shape index (κ3) is 3.72. The van der Waals surface area contributed by atoms with Gasteiger partial charge in [0.2, 0.25) is 0 Å². The lowest BCUT2D eigenvalue weighted by molar-refractivity contribution is 0.602. The molecule has 0 fully saturated rings. The van der Waals surface area contributed by atoms with Gasteiger partial charge in [0.05, 0.1) is 15.3 Å². The first-order chi connectivity index (χ1) is 8.86. The highest BCUT2D eigenvalue weighted by atomic mass is 35.5. The molecule has 2 rings (SSSR count). The van der Waals surface area contributed by atoms with E-state index in [0.29, 0.717) is 4.90 Å². The van der Waals surface area contributed by atoms with Gasteiger partial charge in [-0.15, -0.1) is 11.3 Å². The Balaban J connectivity index is 2.12. The summed E-state index contributed by atoms with van der Waals surface area (Å²) in [4.78, 5) is 1.46. The summed E-state index contributed by atoms with van der Waals surface area (Å²) in [7, 11) is -3.14. The van der Waals surface area contributed by atoms with E-state index in [2.05, 4.69) is 5.32 Å². The van der Waals surface area contributed by atoms with Crippen LogP contribution in [-0.2, 0) is 9.84 Å². The van der Waals surface area contributed by atoms with Crippen molar-refractivity contribution in [3.8, 4) is 0 Å². The Labute approximate surface area is 122 Å². The summed E-state index contributed by atoms with van der Waals surface area (Å²) < 4.78 is 23.5. The van der Waals surface area contributed by atoms with Crippen LogP contribution in [0.5, 0.6) is 0 Å². The number of anilines is 1. The molecule has 1 N–H and O–H groups in total. The van der Waals surface area contributed by atoms with Crippen molar-refractivity contribution in [2.75, 3.05) is 11.6 Å². The van der Waals surface area contributed by atoms with E-state index in [-0.39, 0.29) is 6.04 Å². The average Bonchev–Trinajstić information content (AvgIpc) is 2.75. The van der Waals surface area contributed by atoms with E-state index in [1.165, 1.54) is 17.6 Å². The number of hydrogen-bond donors (Lipinski definition) is 1. The van der Waals surface area contributed by atoms with Gasteiger partial charge in [0.25, 0.3) is 0 Å². The Kier molecular flexibility index (Phi) is 4.18. The van der Waals surface area contributed by atoms with Crippen molar-refractivity contribution in [3.05, 3.63) is 45.6 Å². The molecule has 0 aliphatic rings. The second-order valence-electron chi connectivity index (χ2n) is 4.30. The minimum absolute atomic E-state index is 0.126. The number of benzene rings is 1. The normalized spacial score (nSPS) is 13.2. The van der Waals surface area contributed by atoms with Gasteiger partial charge in [-0.05, 0) is 43.3 Å². The maximum absolute atomic E-state index is 11.4. The van der Waals surface area contributed by atoms with Crippen molar-refractivity contribution in [1.82, 2.24) is 0 Å². The van der Waals surface area contributed by atoms with Gasteiger partial charge in [-0.3, -0.25) is 0 Å². The van der Waals surface area contributed by atoms with Gasteiger partial charge in [0, 0.05) is 16.8 Å². The summed E-state index contributed by atoms with van der Waals surface area (Å²) in [5.41, 5.74) is 0.879. The zero-order valence-corrected chi connectivity index (χ0v) is 12.9. The standard InChI is InChI=1S/C13H14ClNO2S2/c1-9(12-7-8-13(14)18-12)15-10-3-5-11(6-4-10)19(2,16)17/h3-9,15H,1-2H3. The Morgan fingerprint density at radius 3 is 2.26 bits per heavy atom. The predicted molar refractivity (Wildman–Crippen MR) is 80.9 cm³/mol. The lowest BCUT2D eigenvalue weighted by atomic mass is 10.2. The molecule has 6 heteroatoms. The minimum Gasteiger partial charge on any atom is -0.378 e. The van der Waals surface area contributed by atoms with Gasteiger partial charge >= 0.3 is 0 Å². The summed E-state index contributed by atoms with van der Waals surface area (Å²) in [5, 5.41) is 3.31. The second kappa shape index (κ2) is 5.53. The topological polar surface area (TPSA) is 46.2 Å². The lowest BCUT2D eigenvalue weighted by Crippen LogP contribution is -2.05. The van der Waals surface area contributed by atoms with Gasteiger partial charge in [-0.1, -0.05) is 11.6 Å². The van der Waals surface area contributed by atoms with E-state index in [1.54, 1.807) is 24.3 Å². The highest BCUT2D eigenvalue weighted by molar-refractivity contribution is 7.90. The van der Waals surface area contributed by atoms with Gasteiger partial charge in [-0.2, -0.15) is 0 Å². The second-order valence-corrected chi connectivity index (χ2v) is 8.07. The molecule has 1 aromatic carbocycles. The lowest BCUT2D eigenvalue weighted by Gasteiger charge is -2.13. The first-order valence-corrected chi connectivity index (χ1v) is 8.77. The van der Waals surface area contributed by atoms with Gasteiger partial charge < -0.3 is 5.32 Å². The average molecular weight is 316 g/mol. The molecule has 1 heterocycles. The molecule has 2 aromatic rings. The third-order valence-electron chi connectivity index (χ3n) is 2.69. The summed E-state index contributed by atoms with van der Waals surface area (Å²) in [6.45, 7) is 2.03. The Morgan fingerprint density at radius 1 is 1.16 bits per heavy atom. The minimum atomic E-state index is -3.14. The molecule has 0 radical (unpaired) electrons. The van der Waals surface area contributed by atoms with Crippen molar-refractivity contribution in [3.63, 3.8) is 0 Å². The van der Waals surface area contributed by atoms with Crippen LogP contribution in [0.2, 0.25) is 4.34 Å². The van der Waals surface area contributed by atoms with Crippen LogP contribution in [0, 0.1) is 0 Å². The van der Waals surface area contributed by atoms with E-state index >= 15 is 0 Å².